The van der Waals surface area contributed by atoms with E-state index in [-0.39, 0.29) is 19.1 Å². The summed E-state index contributed by atoms with van der Waals surface area (Å²) in [5.74, 6) is 0.183. The summed E-state index contributed by atoms with van der Waals surface area (Å²) in [6, 6.07) is 15.2. The van der Waals surface area contributed by atoms with Crippen molar-refractivity contribution in [2.75, 3.05) is 11.9 Å². The summed E-state index contributed by atoms with van der Waals surface area (Å²) in [7, 11) is 0. The van der Waals surface area contributed by atoms with Crippen LogP contribution in [0.4, 0.5) is 5.69 Å². The predicted octanol–water partition coefficient (Wildman–Crippen LogP) is 4.52. The first-order chi connectivity index (χ1) is 16.4. The number of pyridine rings is 1. The average Bonchev–Trinajstić information content (AvgIpc) is 2.85. The molecule has 0 radical (unpaired) electrons. The molecule has 0 bridgehead atoms. The highest BCUT2D eigenvalue weighted by molar-refractivity contribution is 5.98. The van der Waals surface area contributed by atoms with E-state index in [9.17, 15) is 9.90 Å². The van der Waals surface area contributed by atoms with Gasteiger partial charge in [-0.15, -0.1) is 0 Å². The van der Waals surface area contributed by atoms with Crippen LogP contribution in [0.5, 0.6) is 0 Å². The van der Waals surface area contributed by atoms with Crippen LogP contribution in [0.1, 0.15) is 30.9 Å². The van der Waals surface area contributed by atoms with Crippen molar-refractivity contribution < 1.29 is 14.6 Å². The van der Waals surface area contributed by atoms with E-state index in [1.165, 1.54) is 0 Å². The number of hydrogen-bond donors (Lipinski definition) is 3. The van der Waals surface area contributed by atoms with Crippen molar-refractivity contribution in [3.05, 3.63) is 95.9 Å². The number of ether oxygens (including phenoxy) is 1. The van der Waals surface area contributed by atoms with Gasteiger partial charge in [-0.1, -0.05) is 62.4 Å². The SMILES string of the molecule is CC1C=CC(C(O)OCc2ccc(C(CN)C(=O)Nc3ccc4cnccc4c3)cc2)=CC1C. The lowest BCUT2D eigenvalue weighted by molar-refractivity contribution is -0.117. The fraction of sp³-hybridized carbons (Fsp3) is 0.286. The van der Waals surface area contributed by atoms with Gasteiger partial charge in [0, 0.05) is 35.6 Å². The standard InChI is InChI=1S/C28H31N3O3/c1-18-3-6-23(13-19(18)2)28(33)34-17-20-4-7-21(8-5-20)26(15-29)27(32)31-25-10-9-24-16-30-12-11-22(24)14-25/h3-14,16,18-19,26,28,33H,15,17,29H2,1-2H3,(H,31,32). The number of aromatic nitrogens is 1. The molecule has 6 nitrogen and oxygen atoms in total. The third kappa shape index (κ3) is 5.59. The summed E-state index contributed by atoms with van der Waals surface area (Å²) >= 11 is 0. The Kier molecular flexibility index (Phi) is 7.53. The number of benzene rings is 2. The van der Waals surface area contributed by atoms with Crippen molar-refractivity contribution in [2.45, 2.75) is 32.7 Å². The third-order valence-corrected chi connectivity index (χ3v) is 6.41. The van der Waals surface area contributed by atoms with Crippen molar-refractivity contribution in [2.24, 2.45) is 17.6 Å². The zero-order valence-corrected chi connectivity index (χ0v) is 19.5. The van der Waals surface area contributed by atoms with E-state index in [4.69, 9.17) is 10.5 Å². The van der Waals surface area contributed by atoms with Crippen molar-refractivity contribution in [3.8, 4) is 0 Å². The van der Waals surface area contributed by atoms with Gasteiger partial charge in [0.15, 0.2) is 6.29 Å². The molecule has 4 atom stereocenters. The average molecular weight is 458 g/mol. The Labute approximate surface area is 200 Å². The Balaban J connectivity index is 1.37. The number of carbonyl (C=O) groups excluding carboxylic acids is 1. The molecule has 176 valence electrons. The summed E-state index contributed by atoms with van der Waals surface area (Å²) in [6.07, 6.45) is 8.62. The number of allylic oxidation sites excluding steroid dienone is 2. The third-order valence-electron chi connectivity index (χ3n) is 6.41. The number of nitrogens with two attached hydrogens (primary N) is 1. The number of hydrogen-bond acceptors (Lipinski definition) is 5. The Morgan fingerprint density at radius 2 is 1.91 bits per heavy atom. The van der Waals surface area contributed by atoms with Gasteiger partial charge in [-0.25, -0.2) is 0 Å². The lowest BCUT2D eigenvalue weighted by atomic mass is 9.88. The largest absolute Gasteiger partial charge is 0.364 e. The molecular formula is C28H31N3O3. The van der Waals surface area contributed by atoms with Crippen LogP contribution in [0.3, 0.4) is 0 Å². The zero-order valence-electron chi connectivity index (χ0n) is 19.5. The molecule has 2 aromatic carbocycles. The number of nitrogens with zero attached hydrogens (tertiary/aromatic N) is 1. The second-order valence-electron chi connectivity index (χ2n) is 8.86. The number of carbonyl (C=O) groups is 1. The molecule has 6 heteroatoms. The predicted molar refractivity (Wildman–Crippen MR) is 135 cm³/mol. The first kappa shape index (κ1) is 23.8. The molecular weight excluding hydrogens is 426 g/mol. The molecule has 3 aromatic rings. The van der Waals surface area contributed by atoms with E-state index in [0.717, 1.165) is 33.2 Å². The lowest BCUT2D eigenvalue weighted by Gasteiger charge is -2.22. The molecule has 1 aliphatic carbocycles. The van der Waals surface area contributed by atoms with Crippen LogP contribution in [0.2, 0.25) is 0 Å². The van der Waals surface area contributed by atoms with Gasteiger partial charge in [-0.3, -0.25) is 9.78 Å². The van der Waals surface area contributed by atoms with Gasteiger partial charge in [0.1, 0.15) is 0 Å². The van der Waals surface area contributed by atoms with E-state index in [1.54, 1.807) is 12.4 Å². The maximum Gasteiger partial charge on any atom is 0.233 e. The maximum atomic E-state index is 12.9. The van der Waals surface area contributed by atoms with E-state index in [0.29, 0.717) is 11.8 Å². The van der Waals surface area contributed by atoms with Gasteiger partial charge < -0.3 is 20.9 Å². The molecule has 0 spiro atoms. The van der Waals surface area contributed by atoms with Crippen LogP contribution in [0.15, 0.2) is 84.7 Å². The van der Waals surface area contributed by atoms with E-state index in [2.05, 4.69) is 36.3 Å². The van der Waals surface area contributed by atoms with Crippen LogP contribution < -0.4 is 11.1 Å². The molecule has 0 aliphatic heterocycles. The second-order valence-corrected chi connectivity index (χ2v) is 8.86. The minimum absolute atomic E-state index is 0.158. The molecule has 4 rings (SSSR count). The Hall–Kier alpha value is -3.32. The van der Waals surface area contributed by atoms with Gasteiger partial charge >= 0.3 is 0 Å². The van der Waals surface area contributed by atoms with Crippen LogP contribution >= 0.6 is 0 Å². The zero-order chi connectivity index (χ0) is 24.1. The number of anilines is 1. The molecule has 0 saturated heterocycles. The fourth-order valence-electron chi connectivity index (χ4n) is 4.02. The first-order valence-corrected chi connectivity index (χ1v) is 11.6. The lowest BCUT2D eigenvalue weighted by Crippen LogP contribution is -2.27. The monoisotopic (exact) mass is 457 g/mol. The van der Waals surface area contributed by atoms with Crippen molar-refractivity contribution in [3.63, 3.8) is 0 Å². The fourth-order valence-corrected chi connectivity index (χ4v) is 4.02. The molecule has 0 saturated carbocycles. The van der Waals surface area contributed by atoms with Crippen LogP contribution in [-0.4, -0.2) is 28.8 Å². The summed E-state index contributed by atoms with van der Waals surface area (Å²) in [4.78, 5) is 17.0. The highest BCUT2D eigenvalue weighted by Crippen LogP contribution is 2.25. The van der Waals surface area contributed by atoms with Gasteiger partial charge in [0.25, 0.3) is 0 Å². The van der Waals surface area contributed by atoms with Crippen LogP contribution in [-0.2, 0) is 16.1 Å². The number of nitrogens with one attached hydrogen (secondary N) is 1. The Bertz CT molecular complexity index is 1200. The number of amides is 1. The van der Waals surface area contributed by atoms with Crippen LogP contribution in [0, 0.1) is 11.8 Å². The summed E-state index contributed by atoms with van der Waals surface area (Å²) in [5.41, 5.74) is 9.19. The number of aliphatic hydroxyl groups is 1. The van der Waals surface area contributed by atoms with Crippen molar-refractivity contribution in [1.29, 1.82) is 0 Å². The van der Waals surface area contributed by atoms with Crippen molar-refractivity contribution in [1.82, 2.24) is 4.98 Å². The molecule has 34 heavy (non-hydrogen) atoms. The topological polar surface area (TPSA) is 97.5 Å². The smallest absolute Gasteiger partial charge is 0.233 e. The summed E-state index contributed by atoms with van der Waals surface area (Å²) in [5, 5.41) is 15.4. The summed E-state index contributed by atoms with van der Waals surface area (Å²) < 4.78 is 5.67. The molecule has 1 aliphatic rings. The van der Waals surface area contributed by atoms with Gasteiger partial charge in [-0.05, 0) is 46.5 Å². The maximum absolute atomic E-state index is 12.9. The number of aliphatic hydroxyl groups excluding tert-OH is 1. The van der Waals surface area contributed by atoms with E-state index >= 15 is 0 Å². The highest BCUT2D eigenvalue weighted by atomic mass is 16.6. The minimum atomic E-state index is -0.967. The molecule has 4 unspecified atom stereocenters. The quantitative estimate of drug-likeness (QED) is 0.432. The molecule has 1 amide bonds. The molecule has 0 fully saturated rings. The highest BCUT2D eigenvalue weighted by Gasteiger charge is 2.20. The number of fused-ring (bicyclic) bond motifs is 1. The number of rotatable bonds is 8. The minimum Gasteiger partial charge on any atom is -0.364 e. The summed E-state index contributed by atoms with van der Waals surface area (Å²) in [6.45, 7) is 4.73. The molecule has 4 N–H and O–H groups in total. The van der Waals surface area contributed by atoms with Gasteiger partial charge in [0.2, 0.25) is 5.91 Å². The van der Waals surface area contributed by atoms with E-state index in [1.807, 2.05) is 54.6 Å². The molecule has 1 heterocycles. The molecule has 1 aromatic heterocycles. The van der Waals surface area contributed by atoms with E-state index < -0.39 is 12.2 Å². The van der Waals surface area contributed by atoms with Gasteiger partial charge in [0.05, 0.1) is 12.5 Å². The van der Waals surface area contributed by atoms with Gasteiger partial charge in [-0.2, -0.15) is 0 Å². The Morgan fingerprint density at radius 3 is 2.65 bits per heavy atom. The van der Waals surface area contributed by atoms with Crippen LogP contribution in [0.25, 0.3) is 10.8 Å². The normalized spacial score (nSPS) is 19.5. The van der Waals surface area contributed by atoms with Crippen molar-refractivity contribution >= 4 is 22.4 Å². The Morgan fingerprint density at radius 1 is 1.12 bits per heavy atom. The first-order valence-electron chi connectivity index (χ1n) is 11.6. The second kappa shape index (κ2) is 10.7.